The standard InChI is InChI=1S/C13H22N2O/c1-10(2)7-13(4,16)9-15-12-5-6-14-8-11(12)3/h5-6,8,10,16H,7,9H2,1-4H3,(H,14,15). The minimum Gasteiger partial charge on any atom is -0.388 e. The van der Waals surface area contributed by atoms with Crippen molar-refractivity contribution < 1.29 is 5.11 Å². The molecule has 0 aliphatic carbocycles. The Hall–Kier alpha value is -1.09. The SMILES string of the molecule is Cc1cnccc1NCC(C)(O)CC(C)C. The molecule has 0 aromatic carbocycles. The van der Waals surface area contributed by atoms with E-state index in [2.05, 4.69) is 24.1 Å². The second-order valence-electron chi connectivity index (χ2n) is 5.14. The number of nitrogens with zero attached hydrogens (tertiary/aromatic N) is 1. The third-order valence-corrected chi connectivity index (χ3v) is 2.53. The van der Waals surface area contributed by atoms with Crippen molar-refractivity contribution in [3.05, 3.63) is 24.0 Å². The molecule has 1 aromatic rings. The number of aromatic nitrogens is 1. The van der Waals surface area contributed by atoms with Gasteiger partial charge in [-0.25, -0.2) is 0 Å². The Morgan fingerprint density at radius 2 is 2.19 bits per heavy atom. The highest BCUT2D eigenvalue weighted by atomic mass is 16.3. The first-order valence-corrected chi connectivity index (χ1v) is 5.77. The quantitative estimate of drug-likeness (QED) is 0.805. The summed E-state index contributed by atoms with van der Waals surface area (Å²) in [4.78, 5) is 4.04. The van der Waals surface area contributed by atoms with E-state index in [1.54, 1.807) is 6.20 Å². The molecule has 0 radical (unpaired) electrons. The molecule has 1 rings (SSSR count). The third-order valence-electron chi connectivity index (χ3n) is 2.53. The maximum atomic E-state index is 10.2. The molecule has 1 atom stereocenters. The van der Waals surface area contributed by atoms with Gasteiger partial charge in [0.2, 0.25) is 0 Å². The Labute approximate surface area is 97.9 Å². The highest BCUT2D eigenvalue weighted by Gasteiger charge is 2.21. The molecule has 0 fully saturated rings. The monoisotopic (exact) mass is 222 g/mol. The summed E-state index contributed by atoms with van der Waals surface area (Å²) in [5, 5.41) is 13.4. The fourth-order valence-electron chi connectivity index (χ4n) is 1.91. The van der Waals surface area contributed by atoms with Crippen molar-refractivity contribution in [2.24, 2.45) is 5.92 Å². The first-order valence-electron chi connectivity index (χ1n) is 5.77. The van der Waals surface area contributed by atoms with E-state index in [9.17, 15) is 5.11 Å². The van der Waals surface area contributed by atoms with Crippen molar-refractivity contribution in [3.63, 3.8) is 0 Å². The van der Waals surface area contributed by atoms with Gasteiger partial charge in [0.15, 0.2) is 0 Å². The molecule has 0 saturated heterocycles. The maximum Gasteiger partial charge on any atom is 0.0793 e. The number of anilines is 1. The highest BCUT2D eigenvalue weighted by molar-refractivity contribution is 5.48. The molecule has 0 bridgehead atoms. The Bertz CT molecular complexity index is 334. The van der Waals surface area contributed by atoms with Gasteiger partial charge in [-0.05, 0) is 37.8 Å². The van der Waals surface area contributed by atoms with Gasteiger partial charge in [-0.3, -0.25) is 4.98 Å². The van der Waals surface area contributed by atoms with Crippen molar-refractivity contribution in [2.45, 2.75) is 39.7 Å². The van der Waals surface area contributed by atoms with E-state index in [1.165, 1.54) is 0 Å². The Kier molecular flexibility index (Phi) is 4.30. The van der Waals surface area contributed by atoms with Crippen LogP contribution < -0.4 is 5.32 Å². The normalized spacial score (nSPS) is 14.9. The zero-order valence-electron chi connectivity index (χ0n) is 10.6. The van der Waals surface area contributed by atoms with E-state index >= 15 is 0 Å². The van der Waals surface area contributed by atoms with E-state index in [0.717, 1.165) is 17.7 Å². The molecule has 1 aromatic heterocycles. The lowest BCUT2D eigenvalue weighted by Gasteiger charge is -2.26. The molecule has 0 spiro atoms. The molecule has 2 N–H and O–H groups in total. The lowest BCUT2D eigenvalue weighted by molar-refractivity contribution is 0.0515. The van der Waals surface area contributed by atoms with Crippen molar-refractivity contribution in [1.29, 1.82) is 0 Å². The Balaban J connectivity index is 2.54. The van der Waals surface area contributed by atoms with Gasteiger partial charge < -0.3 is 10.4 Å². The lowest BCUT2D eigenvalue weighted by atomic mass is 9.94. The van der Waals surface area contributed by atoms with Gasteiger partial charge in [-0.2, -0.15) is 0 Å². The number of hydrogen-bond donors (Lipinski definition) is 2. The number of aryl methyl sites for hydroxylation is 1. The zero-order chi connectivity index (χ0) is 12.2. The summed E-state index contributed by atoms with van der Waals surface area (Å²) in [7, 11) is 0. The van der Waals surface area contributed by atoms with E-state index in [0.29, 0.717) is 12.5 Å². The Morgan fingerprint density at radius 1 is 1.50 bits per heavy atom. The summed E-state index contributed by atoms with van der Waals surface area (Å²) in [5.74, 6) is 0.496. The molecule has 0 saturated carbocycles. The van der Waals surface area contributed by atoms with Crippen LogP contribution in [-0.2, 0) is 0 Å². The van der Waals surface area contributed by atoms with E-state index in [-0.39, 0.29) is 0 Å². The number of hydrogen-bond acceptors (Lipinski definition) is 3. The van der Waals surface area contributed by atoms with Crippen LogP contribution >= 0.6 is 0 Å². The van der Waals surface area contributed by atoms with Gasteiger partial charge in [0.05, 0.1) is 5.60 Å². The molecule has 0 aliphatic rings. The largest absolute Gasteiger partial charge is 0.388 e. The summed E-state index contributed by atoms with van der Waals surface area (Å²) in [5.41, 5.74) is 1.48. The van der Waals surface area contributed by atoms with Crippen LogP contribution in [-0.4, -0.2) is 22.2 Å². The van der Waals surface area contributed by atoms with E-state index in [4.69, 9.17) is 0 Å². The smallest absolute Gasteiger partial charge is 0.0793 e. The Morgan fingerprint density at radius 3 is 2.75 bits per heavy atom. The first kappa shape index (κ1) is 13.0. The lowest BCUT2D eigenvalue weighted by Crippen LogP contribution is -2.35. The van der Waals surface area contributed by atoms with E-state index < -0.39 is 5.60 Å². The summed E-state index contributed by atoms with van der Waals surface area (Å²) in [6.07, 6.45) is 4.37. The van der Waals surface area contributed by atoms with E-state index in [1.807, 2.05) is 26.1 Å². The molecule has 90 valence electrons. The van der Waals surface area contributed by atoms with Crippen LogP contribution in [0.15, 0.2) is 18.5 Å². The number of pyridine rings is 1. The molecule has 0 amide bonds. The summed E-state index contributed by atoms with van der Waals surface area (Å²) < 4.78 is 0. The minimum absolute atomic E-state index is 0.496. The number of nitrogens with one attached hydrogen (secondary N) is 1. The molecular formula is C13H22N2O. The van der Waals surface area contributed by atoms with Crippen molar-refractivity contribution >= 4 is 5.69 Å². The molecule has 16 heavy (non-hydrogen) atoms. The van der Waals surface area contributed by atoms with Gasteiger partial charge >= 0.3 is 0 Å². The van der Waals surface area contributed by atoms with Crippen molar-refractivity contribution in [1.82, 2.24) is 4.98 Å². The topological polar surface area (TPSA) is 45.2 Å². The van der Waals surface area contributed by atoms with Crippen LogP contribution in [0.5, 0.6) is 0 Å². The highest BCUT2D eigenvalue weighted by Crippen LogP contribution is 2.18. The molecule has 3 heteroatoms. The van der Waals surface area contributed by atoms with Gasteiger partial charge in [0, 0.05) is 24.6 Å². The predicted molar refractivity (Wildman–Crippen MR) is 67.5 cm³/mol. The maximum absolute atomic E-state index is 10.2. The summed E-state index contributed by atoms with van der Waals surface area (Å²) in [6.45, 7) is 8.68. The van der Waals surface area contributed by atoms with Gasteiger partial charge in [0.1, 0.15) is 0 Å². The van der Waals surface area contributed by atoms with Gasteiger partial charge in [-0.1, -0.05) is 13.8 Å². The molecule has 1 unspecified atom stereocenters. The molecular weight excluding hydrogens is 200 g/mol. The summed E-state index contributed by atoms with van der Waals surface area (Å²) >= 11 is 0. The molecule has 1 heterocycles. The van der Waals surface area contributed by atoms with Crippen LogP contribution in [0.3, 0.4) is 0 Å². The van der Waals surface area contributed by atoms with Crippen molar-refractivity contribution in [2.75, 3.05) is 11.9 Å². The fraction of sp³-hybridized carbons (Fsp3) is 0.615. The first-order chi connectivity index (χ1) is 7.41. The average Bonchev–Trinajstić information content (AvgIpc) is 2.14. The minimum atomic E-state index is -0.663. The second-order valence-corrected chi connectivity index (χ2v) is 5.14. The van der Waals surface area contributed by atoms with Crippen LogP contribution in [0.1, 0.15) is 32.8 Å². The number of rotatable bonds is 5. The van der Waals surface area contributed by atoms with Crippen molar-refractivity contribution in [3.8, 4) is 0 Å². The fourth-order valence-corrected chi connectivity index (χ4v) is 1.91. The van der Waals surface area contributed by atoms with Crippen LogP contribution in [0.4, 0.5) is 5.69 Å². The van der Waals surface area contributed by atoms with Crippen LogP contribution in [0, 0.1) is 12.8 Å². The third kappa shape index (κ3) is 4.19. The van der Waals surface area contributed by atoms with Crippen LogP contribution in [0.25, 0.3) is 0 Å². The average molecular weight is 222 g/mol. The molecule has 3 nitrogen and oxygen atoms in total. The zero-order valence-corrected chi connectivity index (χ0v) is 10.6. The second kappa shape index (κ2) is 5.30. The van der Waals surface area contributed by atoms with Crippen LogP contribution in [0.2, 0.25) is 0 Å². The number of aliphatic hydroxyl groups is 1. The van der Waals surface area contributed by atoms with Gasteiger partial charge in [-0.15, -0.1) is 0 Å². The predicted octanol–water partition coefficient (Wildman–Crippen LogP) is 2.60. The molecule has 0 aliphatic heterocycles. The van der Waals surface area contributed by atoms with Gasteiger partial charge in [0.25, 0.3) is 0 Å². The summed E-state index contributed by atoms with van der Waals surface area (Å²) in [6, 6.07) is 1.93.